The number of thiazole rings is 1. The quantitative estimate of drug-likeness (QED) is 0.371. The minimum absolute atomic E-state index is 0.209. The number of anilines is 1. The number of nitrogens with one attached hydrogen (secondary N) is 3. The normalized spacial score (nSPS) is 12.1. The molecule has 3 N–H and O–H groups in total. The highest BCUT2D eigenvalue weighted by Crippen LogP contribution is 2.37. The predicted octanol–water partition coefficient (Wildman–Crippen LogP) is 4.99. The number of H-pyrrole nitrogens is 1. The van der Waals surface area contributed by atoms with Crippen LogP contribution in [-0.2, 0) is 10.0 Å². The molecule has 2 aromatic carbocycles. The van der Waals surface area contributed by atoms with E-state index in [1.165, 1.54) is 11.3 Å². The molecule has 166 valence electrons. The second kappa shape index (κ2) is 8.50. The van der Waals surface area contributed by atoms with Gasteiger partial charge in [-0.05, 0) is 57.2 Å². The van der Waals surface area contributed by atoms with Gasteiger partial charge in [0.25, 0.3) is 0 Å². The molecule has 0 unspecified atom stereocenters. The van der Waals surface area contributed by atoms with Crippen LogP contribution in [-0.4, -0.2) is 36.2 Å². The van der Waals surface area contributed by atoms with Crippen LogP contribution in [0.25, 0.3) is 32.3 Å². The number of rotatable bonds is 6. The highest BCUT2D eigenvalue weighted by Gasteiger charge is 2.26. The predicted molar refractivity (Wildman–Crippen MR) is 130 cm³/mol. The number of benzene rings is 2. The standard InChI is InChI=1S/C23H25N5O2S2/c1-23(2,3)28-32(29,30)21-13-16(19-11-12-26-27-19)7-10-18(21)20-14-25-22(31-20)15-5-8-17(24-4)9-6-15/h5-14,24,28H,1-4H3,(H,26,27). The fraction of sp³-hybridized carbons (Fsp3) is 0.217. The van der Waals surface area contributed by atoms with Gasteiger partial charge < -0.3 is 5.32 Å². The Labute approximate surface area is 192 Å². The minimum Gasteiger partial charge on any atom is -0.388 e. The summed E-state index contributed by atoms with van der Waals surface area (Å²) in [6, 6.07) is 15.2. The van der Waals surface area contributed by atoms with Crippen LogP contribution in [0.5, 0.6) is 0 Å². The molecule has 0 amide bonds. The molecule has 0 radical (unpaired) electrons. The lowest BCUT2D eigenvalue weighted by molar-refractivity contribution is 0.491. The summed E-state index contributed by atoms with van der Waals surface area (Å²) in [4.78, 5) is 5.54. The molecule has 0 atom stereocenters. The third-order valence-corrected chi connectivity index (χ3v) is 7.59. The molecule has 2 aromatic heterocycles. The topological polar surface area (TPSA) is 99.8 Å². The molecule has 2 heterocycles. The maximum Gasteiger partial charge on any atom is 0.241 e. The first-order valence-electron chi connectivity index (χ1n) is 10.1. The molecule has 4 rings (SSSR count). The van der Waals surface area contributed by atoms with E-state index in [-0.39, 0.29) is 4.90 Å². The number of hydrogen-bond acceptors (Lipinski definition) is 6. The van der Waals surface area contributed by atoms with Crippen molar-refractivity contribution in [1.29, 1.82) is 0 Å². The van der Waals surface area contributed by atoms with Crippen LogP contribution in [0.15, 0.2) is 65.8 Å². The first kappa shape index (κ1) is 22.2. The molecule has 7 nitrogen and oxygen atoms in total. The lowest BCUT2D eigenvalue weighted by Gasteiger charge is -2.21. The Hall–Kier alpha value is -3.01. The second-order valence-corrected chi connectivity index (χ2v) is 11.1. The summed E-state index contributed by atoms with van der Waals surface area (Å²) in [5.74, 6) is 0. The molecule has 0 fully saturated rings. The van der Waals surface area contributed by atoms with E-state index in [0.29, 0.717) is 5.56 Å². The van der Waals surface area contributed by atoms with Gasteiger partial charge in [-0.15, -0.1) is 11.3 Å². The fourth-order valence-electron chi connectivity index (χ4n) is 3.30. The lowest BCUT2D eigenvalue weighted by Crippen LogP contribution is -2.40. The highest BCUT2D eigenvalue weighted by molar-refractivity contribution is 7.89. The third-order valence-electron chi connectivity index (χ3n) is 4.72. The molecule has 0 aliphatic rings. The molecule has 0 spiro atoms. The number of aromatic amines is 1. The van der Waals surface area contributed by atoms with Crippen molar-refractivity contribution in [3.05, 3.63) is 60.9 Å². The molecule has 4 aromatic rings. The Kier molecular flexibility index (Phi) is 5.89. The van der Waals surface area contributed by atoms with Crippen LogP contribution in [0.2, 0.25) is 0 Å². The molecular formula is C23H25N5O2S2. The van der Waals surface area contributed by atoms with Crippen molar-refractivity contribution in [2.24, 2.45) is 0 Å². The number of aromatic nitrogens is 3. The van der Waals surface area contributed by atoms with Gasteiger partial charge >= 0.3 is 0 Å². The molecule has 0 aliphatic heterocycles. The van der Waals surface area contributed by atoms with Gasteiger partial charge in [0.15, 0.2) is 0 Å². The van der Waals surface area contributed by atoms with E-state index < -0.39 is 15.6 Å². The Morgan fingerprint density at radius 1 is 1.00 bits per heavy atom. The van der Waals surface area contributed by atoms with Crippen molar-refractivity contribution < 1.29 is 8.42 Å². The fourth-order valence-corrected chi connectivity index (χ4v) is 5.99. The first-order chi connectivity index (χ1) is 15.2. The molecule has 0 saturated heterocycles. The average Bonchev–Trinajstić information content (AvgIpc) is 3.44. The Balaban J connectivity index is 1.80. The molecule has 0 aliphatic carbocycles. The van der Waals surface area contributed by atoms with Gasteiger partial charge in [0.1, 0.15) is 5.01 Å². The zero-order chi connectivity index (χ0) is 22.9. The highest BCUT2D eigenvalue weighted by atomic mass is 32.2. The van der Waals surface area contributed by atoms with Crippen LogP contribution < -0.4 is 10.0 Å². The van der Waals surface area contributed by atoms with E-state index in [2.05, 4.69) is 25.2 Å². The van der Waals surface area contributed by atoms with Gasteiger partial charge in [-0.1, -0.05) is 12.1 Å². The zero-order valence-corrected chi connectivity index (χ0v) is 19.9. The van der Waals surface area contributed by atoms with Crippen molar-refractivity contribution in [3.63, 3.8) is 0 Å². The van der Waals surface area contributed by atoms with Crippen molar-refractivity contribution >= 4 is 27.0 Å². The van der Waals surface area contributed by atoms with Crippen LogP contribution in [0.3, 0.4) is 0 Å². The third kappa shape index (κ3) is 4.74. The number of sulfonamides is 1. The van der Waals surface area contributed by atoms with Crippen molar-refractivity contribution in [2.45, 2.75) is 31.2 Å². The van der Waals surface area contributed by atoms with Crippen LogP contribution in [0.4, 0.5) is 5.69 Å². The van der Waals surface area contributed by atoms with Crippen LogP contribution in [0.1, 0.15) is 20.8 Å². The van der Waals surface area contributed by atoms with Gasteiger partial charge in [0.2, 0.25) is 10.0 Å². The van der Waals surface area contributed by atoms with E-state index >= 15 is 0 Å². The Morgan fingerprint density at radius 3 is 2.34 bits per heavy atom. The molecule has 0 bridgehead atoms. The SMILES string of the molecule is CNc1ccc(-c2ncc(-c3ccc(-c4ccn[nH]4)cc3S(=O)(=O)NC(C)(C)C)s2)cc1. The van der Waals surface area contributed by atoms with E-state index in [1.54, 1.807) is 18.5 Å². The number of hydrogen-bond donors (Lipinski definition) is 3. The maximum absolute atomic E-state index is 13.4. The average molecular weight is 468 g/mol. The maximum atomic E-state index is 13.4. The summed E-state index contributed by atoms with van der Waals surface area (Å²) in [7, 11) is -1.92. The van der Waals surface area contributed by atoms with Crippen molar-refractivity contribution in [2.75, 3.05) is 12.4 Å². The first-order valence-corrected chi connectivity index (χ1v) is 12.4. The van der Waals surface area contributed by atoms with Crippen molar-refractivity contribution in [1.82, 2.24) is 19.9 Å². The molecular weight excluding hydrogens is 442 g/mol. The Morgan fingerprint density at radius 2 is 1.72 bits per heavy atom. The summed E-state index contributed by atoms with van der Waals surface area (Å²) in [6.07, 6.45) is 3.37. The molecule has 0 saturated carbocycles. The summed E-state index contributed by atoms with van der Waals surface area (Å²) < 4.78 is 29.5. The molecule has 9 heteroatoms. The second-order valence-electron chi connectivity index (χ2n) is 8.39. The zero-order valence-electron chi connectivity index (χ0n) is 18.3. The van der Waals surface area contributed by atoms with E-state index in [0.717, 1.165) is 32.4 Å². The van der Waals surface area contributed by atoms with Gasteiger partial charge in [0.05, 0.1) is 15.5 Å². The number of nitrogens with zero attached hydrogens (tertiary/aromatic N) is 2. The minimum atomic E-state index is -3.79. The van der Waals surface area contributed by atoms with E-state index in [1.807, 2.05) is 70.3 Å². The molecule has 32 heavy (non-hydrogen) atoms. The monoisotopic (exact) mass is 467 g/mol. The van der Waals surface area contributed by atoms with Gasteiger partial charge in [0, 0.05) is 47.4 Å². The Bertz CT molecular complexity index is 1320. The van der Waals surface area contributed by atoms with Crippen LogP contribution in [0, 0.1) is 0 Å². The summed E-state index contributed by atoms with van der Waals surface area (Å²) in [5, 5.41) is 10.8. The van der Waals surface area contributed by atoms with E-state index in [9.17, 15) is 8.42 Å². The van der Waals surface area contributed by atoms with Gasteiger partial charge in [-0.2, -0.15) is 5.10 Å². The summed E-state index contributed by atoms with van der Waals surface area (Å²) in [5.41, 5.74) is 3.48. The van der Waals surface area contributed by atoms with Crippen molar-refractivity contribution in [3.8, 4) is 32.3 Å². The van der Waals surface area contributed by atoms with Crippen LogP contribution >= 0.6 is 11.3 Å². The largest absolute Gasteiger partial charge is 0.388 e. The summed E-state index contributed by atoms with van der Waals surface area (Å²) in [6.45, 7) is 5.47. The lowest BCUT2D eigenvalue weighted by atomic mass is 10.1. The van der Waals surface area contributed by atoms with E-state index in [4.69, 9.17) is 0 Å². The van der Waals surface area contributed by atoms with Gasteiger partial charge in [-0.3, -0.25) is 5.10 Å². The summed E-state index contributed by atoms with van der Waals surface area (Å²) >= 11 is 1.46. The van der Waals surface area contributed by atoms with Gasteiger partial charge in [-0.25, -0.2) is 18.1 Å². The smallest absolute Gasteiger partial charge is 0.241 e.